The summed E-state index contributed by atoms with van der Waals surface area (Å²) in [5, 5.41) is 11.3. The number of rotatable bonds is 5. The van der Waals surface area contributed by atoms with Crippen LogP contribution in [0.25, 0.3) is 0 Å². The highest BCUT2D eigenvalue weighted by Gasteiger charge is 2.08. The van der Waals surface area contributed by atoms with Crippen LogP contribution in [0.2, 0.25) is 0 Å². The van der Waals surface area contributed by atoms with Crippen LogP contribution in [0.5, 0.6) is 0 Å². The predicted octanol–water partition coefficient (Wildman–Crippen LogP) is 2.09. The molecule has 19 heavy (non-hydrogen) atoms. The van der Waals surface area contributed by atoms with Crippen molar-refractivity contribution in [3.63, 3.8) is 0 Å². The molecule has 1 amide bonds. The van der Waals surface area contributed by atoms with Crippen LogP contribution in [-0.2, 0) is 0 Å². The lowest BCUT2D eigenvalue weighted by Crippen LogP contribution is -2.24. The number of unbranched alkanes of at least 4 members (excludes halogenated alkanes) is 1. The van der Waals surface area contributed by atoms with E-state index in [2.05, 4.69) is 17.2 Å². The van der Waals surface area contributed by atoms with E-state index in [0.29, 0.717) is 18.5 Å². The van der Waals surface area contributed by atoms with E-state index in [9.17, 15) is 9.18 Å². The molecule has 0 radical (unpaired) electrons. The number of aliphatic hydroxyl groups excluding tert-OH is 1. The Balaban J connectivity index is 2.71. The van der Waals surface area contributed by atoms with Gasteiger partial charge in [-0.15, -0.1) is 0 Å². The van der Waals surface area contributed by atoms with Gasteiger partial charge in [0.2, 0.25) is 0 Å². The van der Waals surface area contributed by atoms with E-state index < -0.39 is 5.82 Å². The van der Waals surface area contributed by atoms with Crippen molar-refractivity contribution >= 4 is 5.91 Å². The maximum Gasteiger partial charge on any atom is 0.251 e. The molecule has 0 aliphatic heterocycles. The largest absolute Gasteiger partial charge is 0.395 e. The van der Waals surface area contributed by atoms with Crippen LogP contribution in [0, 0.1) is 17.7 Å². The van der Waals surface area contributed by atoms with Crippen molar-refractivity contribution in [3.05, 3.63) is 35.1 Å². The lowest BCUT2D eigenvalue weighted by Gasteiger charge is -2.04. The summed E-state index contributed by atoms with van der Waals surface area (Å²) in [6.07, 6.45) is 2.20. The molecule has 1 aromatic rings. The Morgan fingerprint density at radius 1 is 1.47 bits per heavy atom. The van der Waals surface area contributed by atoms with E-state index in [1.165, 1.54) is 12.1 Å². The lowest BCUT2D eigenvalue weighted by atomic mass is 10.1. The van der Waals surface area contributed by atoms with E-state index in [4.69, 9.17) is 5.11 Å². The molecule has 3 nitrogen and oxygen atoms in total. The first-order chi connectivity index (χ1) is 9.19. The molecule has 2 N–H and O–H groups in total. The van der Waals surface area contributed by atoms with Crippen molar-refractivity contribution < 1.29 is 14.3 Å². The Kier molecular flexibility index (Phi) is 6.62. The summed E-state index contributed by atoms with van der Waals surface area (Å²) in [5.41, 5.74) is 0.528. The van der Waals surface area contributed by atoms with Crippen molar-refractivity contribution in [3.8, 4) is 11.8 Å². The van der Waals surface area contributed by atoms with E-state index in [0.717, 1.165) is 12.8 Å². The molecule has 0 spiro atoms. The summed E-state index contributed by atoms with van der Waals surface area (Å²) in [7, 11) is 0. The molecule has 1 aromatic carbocycles. The highest BCUT2D eigenvalue weighted by molar-refractivity contribution is 5.94. The third-order valence-corrected chi connectivity index (χ3v) is 2.51. The van der Waals surface area contributed by atoms with Crippen LogP contribution in [-0.4, -0.2) is 24.2 Å². The topological polar surface area (TPSA) is 49.3 Å². The first-order valence-corrected chi connectivity index (χ1v) is 6.36. The van der Waals surface area contributed by atoms with Crippen molar-refractivity contribution in [2.24, 2.45) is 0 Å². The average molecular weight is 263 g/mol. The minimum atomic E-state index is -0.520. The summed E-state index contributed by atoms with van der Waals surface area (Å²) < 4.78 is 13.7. The maximum absolute atomic E-state index is 13.7. The van der Waals surface area contributed by atoms with Crippen LogP contribution >= 0.6 is 0 Å². The van der Waals surface area contributed by atoms with Gasteiger partial charge in [0.15, 0.2) is 0 Å². The Bertz CT molecular complexity index is 489. The molecule has 0 saturated carbocycles. The molecule has 102 valence electrons. The fourth-order valence-corrected chi connectivity index (χ4v) is 1.45. The first kappa shape index (κ1) is 15.2. The van der Waals surface area contributed by atoms with E-state index in [1.807, 2.05) is 6.92 Å². The smallest absolute Gasteiger partial charge is 0.251 e. The second-order valence-corrected chi connectivity index (χ2v) is 4.08. The van der Waals surface area contributed by atoms with Crippen LogP contribution in [0.3, 0.4) is 0 Å². The van der Waals surface area contributed by atoms with E-state index in [-0.39, 0.29) is 18.1 Å². The van der Waals surface area contributed by atoms with Crippen LogP contribution in [0.15, 0.2) is 18.2 Å². The highest BCUT2D eigenvalue weighted by atomic mass is 19.1. The molecule has 0 fully saturated rings. The zero-order valence-corrected chi connectivity index (χ0v) is 11.0. The zero-order valence-electron chi connectivity index (χ0n) is 11.0. The maximum atomic E-state index is 13.7. The van der Waals surface area contributed by atoms with Gasteiger partial charge in [0, 0.05) is 18.5 Å². The Morgan fingerprint density at radius 2 is 2.26 bits per heavy atom. The quantitative estimate of drug-likeness (QED) is 0.631. The predicted molar refractivity (Wildman–Crippen MR) is 72.2 cm³/mol. The summed E-state index contributed by atoms with van der Waals surface area (Å²) in [5.74, 6) is 4.46. The van der Waals surface area contributed by atoms with Gasteiger partial charge in [-0.05, 0) is 24.6 Å². The molecule has 0 aliphatic rings. The van der Waals surface area contributed by atoms with E-state index >= 15 is 0 Å². The van der Waals surface area contributed by atoms with Crippen LogP contribution in [0.4, 0.5) is 4.39 Å². The number of amides is 1. The molecule has 0 unspecified atom stereocenters. The SMILES string of the molecule is CCCCNC(=O)c1ccc(C#CCCO)c(F)c1. The summed E-state index contributed by atoms with van der Waals surface area (Å²) >= 11 is 0. The fraction of sp³-hybridized carbons (Fsp3) is 0.400. The number of nitrogens with one attached hydrogen (secondary N) is 1. The van der Waals surface area contributed by atoms with Gasteiger partial charge in [-0.1, -0.05) is 25.2 Å². The minimum absolute atomic E-state index is 0.0491. The molecule has 0 aromatic heterocycles. The van der Waals surface area contributed by atoms with Gasteiger partial charge < -0.3 is 10.4 Å². The third kappa shape index (κ3) is 5.11. The zero-order chi connectivity index (χ0) is 14.1. The number of hydrogen-bond acceptors (Lipinski definition) is 2. The normalized spacial score (nSPS) is 9.63. The van der Waals surface area contributed by atoms with Crippen LogP contribution in [0.1, 0.15) is 42.1 Å². The molecule has 4 heteroatoms. The molecule has 1 rings (SSSR count). The monoisotopic (exact) mass is 263 g/mol. The number of halogens is 1. The van der Waals surface area contributed by atoms with Gasteiger partial charge in [0.05, 0.1) is 12.2 Å². The van der Waals surface area contributed by atoms with Gasteiger partial charge >= 0.3 is 0 Å². The van der Waals surface area contributed by atoms with Crippen molar-refractivity contribution in [1.29, 1.82) is 0 Å². The standard InChI is InChI=1S/C15H18FNO2/c1-2-3-9-17-15(19)13-8-7-12(14(16)11-13)6-4-5-10-18/h7-8,11,18H,2-3,5,9-10H2,1H3,(H,17,19). The molecular weight excluding hydrogens is 245 g/mol. The second kappa shape index (κ2) is 8.28. The minimum Gasteiger partial charge on any atom is -0.395 e. The molecule has 0 bridgehead atoms. The summed E-state index contributed by atoms with van der Waals surface area (Å²) in [6.45, 7) is 2.58. The number of benzene rings is 1. The van der Waals surface area contributed by atoms with Gasteiger partial charge in [-0.25, -0.2) is 4.39 Å². The summed E-state index contributed by atoms with van der Waals surface area (Å²) in [6, 6.07) is 4.21. The van der Waals surface area contributed by atoms with Gasteiger partial charge in [0.1, 0.15) is 5.82 Å². The van der Waals surface area contributed by atoms with Gasteiger partial charge in [-0.3, -0.25) is 4.79 Å². The summed E-state index contributed by atoms with van der Waals surface area (Å²) in [4.78, 5) is 11.7. The van der Waals surface area contributed by atoms with Gasteiger partial charge in [-0.2, -0.15) is 0 Å². The molecule has 0 saturated heterocycles. The van der Waals surface area contributed by atoms with Crippen molar-refractivity contribution in [1.82, 2.24) is 5.32 Å². The Morgan fingerprint density at radius 3 is 2.89 bits per heavy atom. The van der Waals surface area contributed by atoms with Crippen molar-refractivity contribution in [2.45, 2.75) is 26.2 Å². The van der Waals surface area contributed by atoms with Gasteiger partial charge in [0.25, 0.3) is 5.91 Å². The third-order valence-electron chi connectivity index (χ3n) is 2.51. The Labute approximate surface area is 112 Å². The molecule has 0 atom stereocenters. The second-order valence-electron chi connectivity index (χ2n) is 4.08. The van der Waals surface area contributed by atoms with Crippen LogP contribution < -0.4 is 5.32 Å². The highest BCUT2D eigenvalue weighted by Crippen LogP contribution is 2.09. The first-order valence-electron chi connectivity index (χ1n) is 6.36. The molecule has 0 heterocycles. The fourth-order valence-electron chi connectivity index (χ4n) is 1.45. The molecule has 0 aliphatic carbocycles. The van der Waals surface area contributed by atoms with Crippen molar-refractivity contribution in [2.75, 3.05) is 13.2 Å². The number of carbonyl (C=O) groups is 1. The number of hydrogen-bond donors (Lipinski definition) is 2. The average Bonchev–Trinajstić information content (AvgIpc) is 2.41. The molecular formula is C15H18FNO2. The van der Waals surface area contributed by atoms with E-state index in [1.54, 1.807) is 6.07 Å². The Hall–Kier alpha value is -1.86. The number of carbonyl (C=O) groups excluding carboxylic acids is 1. The number of aliphatic hydroxyl groups is 1. The lowest BCUT2D eigenvalue weighted by molar-refractivity contribution is 0.0952.